The number of hydrogen-bond donors (Lipinski definition) is 2. The van der Waals surface area contributed by atoms with Crippen LogP contribution in [0.5, 0.6) is 11.5 Å². The van der Waals surface area contributed by atoms with Gasteiger partial charge in [-0.1, -0.05) is 39.4 Å². The Hall–Kier alpha value is -4.16. The molecule has 0 radical (unpaired) electrons. The van der Waals surface area contributed by atoms with Crippen LogP contribution in [0, 0.1) is 5.82 Å². The van der Waals surface area contributed by atoms with Gasteiger partial charge in [0.05, 0.1) is 18.2 Å². The molecule has 2 amide bonds. The summed E-state index contributed by atoms with van der Waals surface area (Å²) in [6.07, 6.45) is 1.41. The molecule has 4 aromatic rings. The zero-order valence-electron chi connectivity index (χ0n) is 19.8. The Balaban J connectivity index is 1.17. The number of halogens is 2. The Bertz CT molecular complexity index is 1410. The molecule has 12 heteroatoms. The topological polar surface area (TPSA) is 115 Å². The lowest BCUT2D eigenvalue weighted by Crippen LogP contribution is -2.19. The summed E-state index contributed by atoms with van der Waals surface area (Å²) in [5.41, 5.74) is 3.07. The molecule has 0 aliphatic carbocycles. The van der Waals surface area contributed by atoms with Crippen LogP contribution in [-0.4, -0.2) is 41.4 Å². The zero-order valence-corrected chi connectivity index (χ0v) is 22.2. The van der Waals surface area contributed by atoms with E-state index in [0.717, 1.165) is 27.1 Å². The third-order valence-corrected chi connectivity index (χ3v) is 6.20. The number of nitrogens with one attached hydrogen (secondary N) is 2. The van der Waals surface area contributed by atoms with Gasteiger partial charge >= 0.3 is 0 Å². The molecule has 3 aromatic carbocycles. The van der Waals surface area contributed by atoms with Crippen molar-refractivity contribution in [3.8, 4) is 11.5 Å². The van der Waals surface area contributed by atoms with Gasteiger partial charge in [-0.15, -0.1) is 10.2 Å². The third kappa shape index (κ3) is 8.18. The van der Waals surface area contributed by atoms with Gasteiger partial charge in [0.1, 0.15) is 35.5 Å². The van der Waals surface area contributed by atoms with Crippen molar-refractivity contribution in [1.29, 1.82) is 0 Å². The summed E-state index contributed by atoms with van der Waals surface area (Å²) in [4.78, 5) is 24.3. The lowest BCUT2D eigenvalue weighted by Gasteiger charge is -2.08. The number of aromatic nitrogens is 2. The summed E-state index contributed by atoms with van der Waals surface area (Å²) in [5.74, 6) is -0.250. The Kier molecular flexibility index (Phi) is 9.48. The van der Waals surface area contributed by atoms with E-state index in [0.29, 0.717) is 24.0 Å². The van der Waals surface area contributed by atoms with E-state index in [1.807, 2.05) is 24.3 Å². The molecule has 0 unspecified atom stereocenters. The van der Waals surface area contributed by atoms with Gasteiger partial charge in [0.25, 0.3) is 5.91 Å². The number of hydrogen-bond acceptors (Lipinski definition) is 8. The van der Waals surface area contributed by atoms with Crippen LogP contribution in [-0.2, 0) is 11.2 Å². The van der Waals surface area contributed by atoms with Crippen LogP contribution in [0.2, 0.25) is 0 Å². The molecule has 1 heterocycles. The molecule has 38 heavy (non-hydrogen) atoms. The number of benzene rings is 3. The van der Waals surface area contributed by atoms with Crippen molar-refractivity contribution in [2.45, 2.75) is 6.42 Å². The molecule has 0 saturated heterocycles. The van der Waals surface area contributed by atoms with Gasteiger partial charge in [0, 0.05) is 4.47 Å². The molecule has 9 nitrogen and oxygen atoms in total. The highest BCUT2D eigenvalue weighted by atomic mass is 79.9. The number of carbonyl (C=O) groups excluding carboxylic acids is 2. The van der Waals surface area contributed by atoms with Gasteiger partial charge in [-0.25, -0.2) is 9.82 Å². The van der Waals surface area contributed by atoms with Crippen molar-refractivity contribution in [2.75, 3.05) is 18.5 Å². The fraction of sp³-hybridized carbons (Fsp3) is 0.115. The smallest absolute Gasteiger partial charge is 0.260 e. The molecular weight excluding hydrogens is 577 g/mol. The second-order valence-corrected chi connectivity index (χ2v) is 9.60. The summed E-state index contributed by atoms with van der Waals surface area (Å²) in [7, 11) is 0. The molecule has 0 saturated carbocycles. The minimum absolute atomic E-state index is 0.0837. The lowest BCUT2D eigenvalue weighted by atomic mass is 10.2. The molecule has 0 aliphatic rings. The highest BCUT2D eigenvalue weighted by Crippen LogP contribution is 2.18. The van der Waals surface area contributed by atoms with Crippen LogP contribution in [0.3, 0.4) is 0 Å². The van der Waals surface area contributed by atoms with Gasteiger partial charge in [-0.05, 0) is 66.2 Å². The number of anilines is 1. The molecule has 0 fully saturated rings. The SMILES string of the molecule is O=C(Cc1nnc(NC(=O)c2ccccc2F)s1)N/N=C\c1ccc(OCCOc2ccc(Br)cc2)cc1. The van der Waals surface area contributed by atoms with E-state index in [1.54, 1.807) is 30.3 Å². The predicted octanol–water partition coefficient (Wildman–Crippen LogP) is 4.84. The number of carbonyl (C=O) groups is 2. The van der Waals surface area contributed by atoms with Crippen molar-refractivity contribution < 1.29 is 23.5 Å². The minimum Gasteiger partial charge on any atom is -0.490 e. The average Bonchev–Trinajstić information content (AvgIpc) is 3.35. The van der Waals surface area contributed by atoms with Crippen LogP contribution in [0.1, 0.15) is 20.9 Å². The average molecular weight is 598 g/mol. The molecule has 1 aromatic heterocycles. The number of hydrazone groups is 1. The molecule has 0 bridgehead atoms. The largest absolute Gasteiger partial charge is 0.490 e. The number of rotatable bonds is 11. The molecule has 4 rings (SSSR count). The Morgan fingerprint density at radius 2 is 1.61 bits per heavy atom. The van der Waals surface area contributed by atoms with Crippen molar-refractivity contribution in [3.63, 3.8) is 0 Å². The summed E-state index contributed by atoms with van der Waals surface area (Å²) >= 11 is 4.39. The van der Waals surface area contributed by atoms with Crippen LogP contribution in [0.25, 0.3) is 0 Å². The monoisotopic (exact) mass is 597 g/mol. The molecule has 0 atom stereocenters. The summed E-state index contributed by atoms with van der Waals surface area (Å²) in [6, 6.07) is 20.3. The van der Waals surface area contributed by atoms with Gasteiger partial charge in [0.2, 0.25) is 11.0 Å². The van der Waals surface area contributed by atoms with Crippen molar-refractivity contribution in [3.05, 3.63) is 99.2 Å². The first-order valence-electron chi connectivity index (χ1n) is 11.3. The third-order valence-electron chi connectivity index (χ3n) is 4.83. The molecule has 0 spiro atoms. The van der Waals surface area contributed by atoms with E-state index in [9.17, 15) is 14.0 Å². The van der Waals surface area contributed by atoms with Gasteiger partial charge in [-0.3, -0.25) is 14.9 Å². The van der Waals surface area contributed by atoms with Crippen LogP contribution in [0.15, 0.2) is 82.4 Å². The fourth-order valence-electron chi connectivity index (χ4n) is 3.04. The number of amides is 2. The first-order chi connectivity index (χ1) is 18.5. The van der Waals surface area contributed by atoms with Crippen molar-refractivity contribution in [2.24, 2.45) is 5.10 Å². The quantitative estimate of drug-likeness (QED) is 0.145. The predicted molar refractivity (Wildman–Crippen MR) is 145 cm³/mol. The highest BCUT2D eigenvalue weighted by molar-refractivity contribution is 9.10. The first kappa shape index (κ1) is 26.9. The normalized spacial score (nSPS) is 10.8. The van der Waals surface area contributed by atoms with Crippen LogP contribution < -0.4 is 20.2 Å². The molecule has 194 valence electrons. The molecule has 2 N–H and O–H groups in total. The Morgan fingerprint density at radius 3 is 2.29 bits per heavy atom. The van der Waals surface area contributed by atoms with Gasteiger partial charge < -0.3 is 9.47 Å². The van der Waals surface area contributed by atoms with Gasteiger partial charge in [0.15, 0.2) is 0 Å². The van der Waals surface area contributed by atoms with E-state index < -0.39 is 17.6 Å². The van der Waals surface area contributed by atoms with E-state index in [-0.39, 0.29) is 17.1 Å². The van der Waals surface area contributed by atoms with E-state index in [4.69, 9.17) is 9.47 Å². The van der Waals surface area contributed by atoms with E-state index in [2.05, 4.69) is 42.0 Å². The standard InChI is InChI=1S/C26H21BrFN5O4S/c27-18-7-11-20(12-8-18)37-14-13-36-19-9-5-17(6-10-19)16-29-31-23(34)15-24-32-33-26(38-24)30-25(35)21-3-1-2-4-22(21)28/h1-12,16H,13-15H2,(H,31,34)(H,30,33,35)/b29-16-. The summed E-state index contributed by atoms with van der Waals surface area (Å²) < 4.78 is 26.0. The number of nitrogens with zero attached hydrogens (tertiary/aromatic N) is 3. The summed E-state index contributed by atoms with van der Waals surface area (Å²) in [6.45, 7) is 0.796. The fourth-order valence-corrected chi connectivity index (χ4v) is 4.04. The van der Waals surface area contributed by atoms with E-state index >= 15 is 0 Å². The maximum Gasteiger partial charge on any atom is 0.260 e. The highest BCUT2D eigenvalue weighted by Gasteiger charge is 2.15. The maximum absolute atomic E-state index is 13.7. The van der Waals surface area contributed by atoms with Crippen LogP contribution >= 0.6 is 27.3 Å². The van der Waals surface area contributed by atoms with Crippen molar-refractivity contribution in [1.82, 2.24) is 15.6 Å². The molecular formula is C26H21BrFN5O4S. The van der Waals surface area contributed by atoms with Crippen LogP contribution in [0.4, 0.5) is 9.52 Å². The zero-order chi connectivity index (χ0) is 26.7. The first-order valence-corrected chi connectivity index (χ1v) is 12.9. The maximum atomic E-state index is 13.7. The Labute approximate surface area is 229 Å². The second kappa shape index (κ2) is 13.4. The van der Waals surface area contributed by atoms with Gasteiger partial charge in [-0.2, -0.15) is 5.10 Å². The van der Waals surface area contributed by atoms with Crippen molar-refractivity contribution >= 4 is 50.4 Å². The second-order valence-electron chi connectivity index (χ2n) is 7.62. The Morgan fingerprint density at radius 1 is 0.947 bits per heavy atom. The molecule has 0 aliphatic heterocycles. The lowest BCUT2D eigenvalue weighted by molar-refractivity contribution is -0.120. The minimum atomic E-state index is -0.648. The summed E-state index contributed by atoms with van der Waals surface area (Å²) in [5, 5.41) is 14.6. The van der Waals surface area contributed by atoms with E-state index in [1.165, 1.54) is 24.4 Å². The number of ether oxygens (including phenoxy) is 2.